The van der Waals surface area contributed by atoms with Crippen LogP contribution in [-0.2, 0) is 4.74 Å². The summed E-state index contributed by atoms with van der Waals surface area (Å²) in [6.45, 7) is 0.770. The minimum atomic E-state index is -0.225. The van der Waals surface area contributed by atoms with E-state index in [2.05, 4.69) is 15.9 Å². The smallest absolute Gasteiger partial charge is 0.123 e. The van der Waals surface area contributed by atoms with Crippen molar-refractivity contribution in [3.05, 3.63) is 34.1 Å². The van der Waals surface area contributed by atoms with Gasteiger partial charge in [0.15, 0.2) is 0 Å². The summed E-state index contributed by atoms with van der Waals surface area (Å²) in [6.07, 6.45) is 3.06. The van der Waals surface area contributed by atoms with Gasteiger partial charge in [0.05, 0.1) is 5.60 Å². The van der Waals surface area contributed by atoms with Gasteiger partial charge in [-0.1, -0.05) is 15.9 Å². The molecule has 2 N–H and O–H groups in total. The van der Waals surface area contributed by atoms with Crippen LogP contribution in [0.4, 0.5) is 4.39 Å². The lowest BCUT2D eigenvalue weighted by Crippen LogP contribution is -2.42. The van der Waals surface area contributed by atoms with Gasteiger partial charge >= 0.3 is 0 Å². The standard InChI is InChI=1S/C15H19BrFNOS/c16-13-2-1-11(17)7-12(13)14(18)10-3-5-19-15(8-10)4-6-20-9-15/h1-2,7,10,14H,3-6,8-9,18H2. The Balaban J connectivity index is 1.79. The zero-order valence-corrected chi connectivity index (χ0v) is 13.7. The van der Waals surface area contributed by atoms with Crippen molar-refractivity contribution in [1.29, 1.82) is 0 Å². The minimum Gasteiger partial charge on any atom is -0.374 e. The molecule has 0 aliphatic carbocycles. The fraction of sp³-hybridized carbons (Fsp3) is 0.600. The summed E-state index contributed by atoms with van der Waals surface area (Å²) >= 11 is 5.45. The molecule has 0 bridgehead atoms. The van der Waals surface area contributed by atoms with Crippen LogP contribution < -0.4 is 5.73 Å². The van der Waals surface area contributed by atoms with Crippen LogP contribution >= 0.6 is 27.7 Å². The van der Waals surface area contributed by atoms with Crippen LogP contribution in [0.2, 0.25) is 0 Å². The summed E-state index contributed by atoms with van der Waals surface area (Å²) in [4.78, 5) is 0. The Morgan fingerprint density at radius 3 is 3.10 bits per heavy atom. The van der Waals surface area contributed by atoms with Gasteiger partial charge in [-0.3, -0.25) is 0 Å². The lowest BCUT2D eigenvalue weighted by molar-refractivity contribution is -0.0834. The molecule has 1 aromatic carbocycles. The molecule has 3 atom stereocenters. The summed E-state index contributed by atoms with van der Waals surface area (Å²) in [5, 5.41) is 0. The molecule has 2 nitrogen and oxygen atoms in total. The van der Waals surface area contributed by atoms with Crippen LogP contribution in [-0.4, -0.2) is 23.7 Å². The predicted molar refractivity (Wildman–Crippen MR) is 84.4 cm³/mol. The molecule has 3 rings (SSSR count). The van der Waals surface area contributed by atoms with E-state index in [1.807, 2.05) is 11.8 Å². The maximum Gasteiger partial charge on any atom is 0.123 e. The molecule has 2 saturated heterocycles. The Labute approximate surface area is 131 Å². The second-order valence-corrected chi connectivity index (χ2v) is 7.74. The predicted octanol–water partition coefficient (Wildman–Crippen LogP) is 3.89. The average molecular weight is 360 g/mol. The van der Waals surface area contributed by atoms with Crippen LogP contribution in [0, 0.1) is 11.7 Å². The van der Waals surface area contributed by atoms with Gasteiger partial charge in [0.25, 0.3) is 0 Å². The molecule has 5 heteroatoms. The minimum absolute atomic E-state index is 0.0189. The second-order valence-electron chi connectivity index (χ2n) is 5.78. The molecule has 20 heavy (non-hydrogen) atoms. The molecular formula is C15H19BrFNOS. The lowest BCUT2D eigenvalue weighted by atomic mass is 9.79. The van der Waals surface area contributed by atoms with Gasteiger partial charge in [0, 0.05) is 22.9 Å². The molecule has 2 fully saturated rings. The molecule has 110 valence electrons. The van der Waals surface area contributed by atoms with E-state index in [-0.39, 0.29) is 17.5 Å². The number of rotatable bonds is 2. The quantitative estimate of drug-likeness (QED) is 0.869. The van der Waals surface area contributed by atoms with E-state index >= 15 is 0 Å². The SMILES string of the molecule is NC(c1cc(F)ccc1Br)C1CCOC2(CCSC2)C1. The van der Waals surface area contributed by atoms with E-state index in [1.165, 1.54) is 11.8 Å². The van der Waals surface area contributed by atoms with E-state index in [4.69, 9.17) is 10.5 Å². The highest BCUT2D eigenvalue weighted by Crippen LogP contribution is 2.44. The fourth-order valence-corrected chi connectivity index (χ4v) is 5.15. The van der Waals surface area contributed by atoms with Gasteiger partial charge in [-0.25, -0.2) is 4.39 Å². The number of nitrogens with two attached hydrogens (primary N) is 1. The number of benzene rings is 1. The maximum absolute atomic E-state index is 13.5. The molecule has 1 spiro atoms. The van der Waals surface area contributed by atoms with Gasteiger partial charge in [-0.05, 0) is 54.7 Å². The molecule has 2 aliphatic heterocycles. The Morgan fingerprint density at radius 2 is 2.35 bits per heavy atom. The van der Waals surface area contributed by atoms with Crippen molar-refractivity contribution in [2.75, 3.05) is 18.1 Å². The van der Waals surface area contributed by atoms with E-state index in [9.17, 15) is 4.39 Å². The Hall–Kier alpha value is -0.100. The number of hydrogen-bond acceptors (Lipinski definition) is 3. The highest BCUT2D eigenvalue weighted by molar-refractivity contribution is 9.10. The topological polar surface area (TPSA) is 35.2 Å². The van der Waals surface area contributed by atoms with Crippen molar-refractivity contribution < 1.29 is 9.13 Å². The number of ether oxygens (including phenoxy) is 1. The molecule has 1 aromatic rings. The largest absolute Gasteiger partial charge is 0.374 e. The first-order chi connectivity index (χ1) is 9.60. The summed E-state index contributed by atoms with van der Waals surface area (Å²) < 4.78 is 20.4. The third kappa shape index (κ3) is 2.91. The van der Waals surface area contributed by atoms with Gasteiger partial charge in [-0.15, -0.1) is 0 Å². The van der Waals surface area contributed by atoms with E-state index in [0.29, 0.717) is 5.92 Å². The first-order valence-corrected chi connectivity index (χ1v) is 8.97. The monoisotopic (exact) mass is 359 g/mol. The molecule has 0 saturated carbocycles. The summed E-state index contributed by atoms with van der Waals surface area (Å²) in [6, 6.07) is 4.62. The van der Waals surface area contributed by atoms with Crippen LogP contribution in [0.5, 0.6) is 0 Å². The Kier molecular flexibility index (Phi) is 4.41. The lowest BCUT2D eigenvalue weighted by Gasteiger charge is -2.40. The van der Waals surface area contributed by atoms with Gasteiger partial charge < -0.3 is 10.5 Å². The van der Waals surface area contributed by atoms with Crippen LogP contribution in [0.3, 0.4) is 0 Å². The normalized spacial score (nSPS) is 31.6. The van der Waals surface area contributed by atoms with Crippen LogP contribution in [0.25, 0.3) is 0 Å². The number of thioether (sulfide) groups is 1. The number of halogens is 2. The molecule has 2 aliphatic rings. The summed E-state index contributed by atoms with van der Waals surface area (Å²) in [5.74, 6) is 2.38. The van der Waals surface area contributed by atoms with Crippen molar-refractivity contribution in [1.82, 2.24) is 0 Å². The molecule has 0 amide bonds. The van der Waals surface area contributed by atoms with Crippen molar-refractivity contribution >= 4 is 27.7 Å². The third-order valence-electron chi connectivity index (χ3n) is 4.42. The van der Waals surface area contributed by atoms with Crippen molar-refractivity contribution in [2.24, 2.45) is 11.7 Å². The molecule has 0 aromatic heterocycles. The third-order valence-corrected chi connectivity index (χ3v) is 6.37. The maximum atomic E-state index is 13.5. The van der Waals surface area contributed by atoms with Gasteiger partial charge in [0.2, 0.25) is 0 Å². The highest BCUT2D eigenvalue weighted by atomic mass is 79.9. The Bertz CT molecular complexity index is 493. The molecular weight excluding hydrogens is 341 g/mol. The number of hydrogen-bond donors (Lipinski definition) is 1. The first-order valence-electron chi connectivity index (χ1n) is 7.02. The molecule has 0 radical (unpaired) electrons. The van der Waals surface area contributed by atoms with E-state index in [1.54, 1.807) is 12.1 Å². The zero-order valence-electron chi connectivity index (χ0n) is 11.3. The Morgan fingerprint density at radius 1 is 1.50 bits per heavy atom. The van der Waals surface area contributed by atoms with Crippen molar-refractivity contribution in [3.63, 3.8) is 0 Å². The zero-order chi connectivity index (χ0) is 14.2. The summed E-state index contributed by atoms with van der Waals surface area (Å²) in [7, 11) is 0. The average Bonchev–Trinajstić information content (AvgIpc) is 2.88. The van der Waals surface area contributed by atoms with Crippen LogP contribution in [0.1, 0.15) is 30.9 Å². The highest BCUT2D eigenvalue weighted by Gasteiger charge is 2.42. The fourth-order valence-electron chi connectivity index (χ4n) is 3.26. The molecule has 2 heterocycles. The van der Waals surface area contributed by atoms with Crippen molar-refractivity contribution in [2.45, 2.75) is 30.9 Å². The van der Waals surface area contributed by atoms with Gasteiger partial charge in [-0.2, -0.15) is 11.8 Å². The van der Waals surface area contributed by atoms with Gasteiger partial charge in [0.1, 0.15) is 5.82 Å². The van der Waals surface area contributed by atoms with E-state index in [0.717, 1.165) is 41.7 Å². The van der Waals surface area contributed by atoms with E-state index < -0.39 is 0 Å². The van der Waals surface area contributed by atoms with Crippen molar-refractivity contribution in [3.8, 4) is 0 Å². The first kappa shape index (κ1) is 14.8. The molecule has 3 unspecified atom stereocenters. The van der Waals surface area contributed by atoms with Crippen LogP contribution in [0.15, 0.2) is 22.7 Å². The second kappa shape index (κ2) is 5.95. The summed E-state index contributed by atoms with van der Waals surface area (Å²) in [5.41, 5.74) is 7.32.